The minimum Gasteiger partial charge on any atom is -0.351 e. The molecule has 0 unspecified atom stereocenters. The molecule has 1 heterocycles. The van der Waals surface area contributed by atoms with Crippen molar-refractivity contribution in [3.8, 4) is 0 Å². The van der Waals surface area contributed by atoms with E-state index in [9.17, 15) is 13.2 Å². The van der Waals surface area contributed by atoms with Crippen molar-refractivity contribution in [3.05, 3.63) is 41.9 Å². The highest BCUT2D eigenvalue weighted by Gasteiger charge is 2.39. The van der Waals surface area contributed by atoms with Crippen molar-refractivity contribution < 1.29 is 13.2 Å². The first kappa shape index (κ1) is 16.0. The van der Waals surface area contributed by atoms with Crippen molar-refractivity contribution in [1.82, 2.24) is 9.62 Å². The van der Waals surface area contributed by atoms with Crippen molar-refractivity contribution in [3.63, 3.8) is 0 Å². The van der Waals surface area contributed by atoms with Crippen LogP contribution < -0.4 is 5.32 Å². The predicted molar refractivity (Wildman–Crippen MR) is 81.6 cm³/mol. The van der Waals surface area contributed by atoms with Gasteiger partial charge in [-0.15, -0.1) is 6.58 Å². The van der Waals surface area contributed by atoms with E-state index in [1.807, 2.05) is 0 Å². The number of carbonyl (C=O) groups excluding carboxylic acids is 1. The number of benzene rings is 1. The van der Waals surface area contributed by atoms with Gasteiger partial charge in [-0.1, -0.05) is 17.7 Å². The highest BCUT2D eigenvalue weighted by Crippen LogP contribution is 2.26. The van der Waals surface area contributed by atoms with Gasteiger partial charge in [-0.25, -0.2) is 8.42 Å². The molecule has 0 spiro atoms. The number of rotatable bonds is 5. The molecular weight excluding hydrogens is 312 g/mol. The Morgan fingerprint density at radius 3 is 2.71 bits per heavy atom. The van der Waals surface area contributed by atoms with E-state index in [0.717, 1.165) is 0 Å². The summed E-state index contributed by atoms with van der Waals surface area (Å²) in [6, 6.07) is 5.29. The van der Waals surface area contributed by atoms with Crippen LogP contribution >= 0.6 is 11.6 Å². The highest BCUT2D eigenvalue weighted by molar-refractivity contribution is 7.89. The van der Waals surface area contributed by atoms with Crippen LogP contribution in [0, 0.1) is 0 Å². The number of carbonyl (C=O) groups is 1. The van der Waals surface area contributed by atoms with Crippen LogP contribution in [0.3, 0.4) is 0 Å². The van der Waals surface area contributed by atoms with Crippen molar-refractivity contribution in [1.29, 1.82) is 0 Å². The number of hydrogen-bond acceptors (Lipinski definition) is 3. The predicted octanol–water partition coefficient (Wildman–Crippen LogP) is 1.80. The summed E-state index contributed by atoms with van der Waals surface area (Å²) in [5.41, 5.74) is 0. The molecule has 0 aliphatic carbocycles. The average molecular weight is 329 g/mol. The van der Waals surface area contributed by atoms with Crippen molar-refractivity contribution >= 4 is 27.5 Å². The maximum atomic E-state index is 12.6. The summed E-state index contributed by atoms with van der Waals surface area (Å²) < 4.78 is 26.5. The van der Waals surface area contributed by atoms with Crippen LogP contribution in [0.15, 0.2) is 41.8 Å². The summed E-state index contributed by atoms with van der Waals surface area (Å²) in [5.74, 6) is -0.287. The maximum absolute atomic E-state index is 12.6. The van der Waals surface area contributed by atoms with E-state index in [1.54, 1.807) is 6.08 Å². The summed E-state index contributed by atoms with van der Waals surface area (Å²) in [6.45, 7) is 4.19. The molecule has 1 atom stereocenters. The molecule has 1 saturated heterocycles. The smallest absolute Gasteiger partial charge is 0.243 e. The largest absolute Gasteiger partial charge is 0.351 e. The number of amides is 1. The van der Waals surface area contributed by atoms with Crippen LogP contribution in [0.25, 0.3) is 0 Å². The quantitative estimate of drug-likeness (QED) is 0.838. The van der Waals surface area contributed by atoms with Gasteiger partial charge >= 0.3 is 0 Å². The zero-order valence-corrected chi connectivity index (χ0v) is 13.0. The molecule has 1 aliphatic heterocycles. The van der Waals surface area contributed by atoms with Gasteiger partial charge in [-0.3, -0.25) is 4.79 Å². The number of nitrogens with zero attached hydrogens (tertiary/aromatic N) is 1. The third-order valence-electron chi connectivity index (χ3n) is 3.35. The fraction of sp³-hybridized carbons (Fsp3) is 0.357. The Morgan fingerprint density at radius 2 is 2.10 bits per heavy atom. The minimum absolute atomic E-state index is 0.148. The molecule has 21 heavy (non-hydrogen) atoms. The van der Waals surface area contributed by atoms with Crippen LogP contribution in [-0.2, 0) is 14.8 Å². The third-order valence-corrected chi connectivity index (χ3v) is 5.52. The SMILES string of the molecule is C=CCNC(=O)[C@@H]1CCCN1S(=O)(=O)c1ccc(Cl)cc1. The first-order chi connectivity index (χ1) is 9.96. The summed E-state index contributed by atoms with van der Waals surface area (Å²) in [5, 5.41) is 3.12. The van der Waals surface area contributed by atoms with E-state index < -0.39 is 16.1 Å². The van der Waals surface area contributed by atoms with Gasteiger partial charge in [0.15, 0.2) is 0 Å². The summed E-state index contributed by atoms with van der Waals surface area (Å²) >= 11 is 5.78. The van der Waals surface area contributed by atoms with Crippen molar-refractivity contribution in [2.24, 2.45) is 0 Å². The average Bonchev–Trinajstić information content (AvgIpc) is 2.95. The van der Waals surface area contributed by atoms with Crippen LogP contribution in [0.2, 0.25) is 5.02 Å². The molecule has 1 fully saturated rings. The Bertz CT molecular complexity index is 628. The Morgan fingerprint density at radius 1 is 1.43 bits per heavy atom. The topological polar surface area (TPSA) is 66.5 Å². The fourth-order valence-electron chi connectivity index (χ4n) is 2.32. The standard InChI is InChI=1S/C14H17ClN2O3S/c1-2-9-16-14(18)13-4-3-10-17(13)21(19,20)12-7-5-11(15)6-8-12/h2,5-8,13H,1,3-4,9-10H2,(H,16,18)/t13-/m0/s1. The molecule has 0 bridgehead atoms. The van der Waals surface area contributed by atoms with Gasteiger partial charge in [0.05, 0.1) is 4.90 Å². The monoisotopic (exact) mass is 328 g/mol. The van der Waals surface area contributed by atoms with E-state index in [1.165, 1.54) is 28.6 Å². The molecule has 0 radical (unpaired) electrons. The lowest BCUT2D eigenvalue weighted by Crippen LogP contribution is -2.45. The number of halogens is 1. The molecular formula is C14H17ClN2O3S. The molecule has 114 valence electrons. The second-order valence-corrected chi connectivity index (χ2v) is 7.09. The Balaban J connectivity index is 2.24. The van der Waals surface area contributed by atoms with Crippen LogP contribution in [0.1, 0.15) is 12.8 Å². The highest BCUT2D eigenvalue weighted by atomic mass is 35.5. The number of sulfonamides is 1. The van der Waals surface area contributed by atoms with Crippen LogP contribution in [0.4, 0.5) is 0 Å². The van der Waals surface area contributed by atoms with Gasteiger partial charge in [-0.2, -0.15) is 4.31 Å². The van der Waals surface area contributed by atoms with Crippen LogP contribution in [-0.4, -0.2) is 37.8 Å². The lowest BCUT2D eigenvalue weighted by atomic mass is 10.2. The number of nitrogens with one attached hydrogen (secondary N) is 1. The molecule has 1 amide bonds. The molecule has 1 aromatic rings. The molecule has 1 N–H and O–H groups in total. The Kier molecular flexibility index (Phi) is 5.03. The van der Waals surface area contributed by atoms with E-state index >= 15 is 0 Å². The normalized spacial score (nSPS) is 19.4. The third kappa shape index (κ3) is 3.45. The Labute approximate surface area is 129 Å². The van der Waals surface area contributed by atoms with Crippen molar-refractivity contribution in [2.75, 3.05) is 13.1 Å². The molecule has 0 aromatic heterocycles. The summed E-state index contributed by atoms with van der Waals surface area (Å²) in [4.78, 5) is 12.2. The van der Waals surface area contributed by atoms with Gasteiger partial charge in [0.25, 0.3) is 0 Å². The van der Waals surface area contributed by atoms with E-state index in [-0.39, 0.29) is 10.8 Å². The maximum Gasteiger partial charge on any atom is 0.243 e. The molecule has 7 heteroatoms. The lowest BCUT2D eigenvalue weighted by Gasteiger charge is -2.23. The zero-order chi connectivity index (χ0) is 15.5. The lowest BCUT2D eigenvalue weighted by molar-refractivity contribution is -0.123. The molecule has 2 rings (SSSR count). The minimum atomic E-state index is -3.69. The Hall–Kier alpha value is -1.37. The van der Waals surface area contributed by atoms with Gasteiger partial charge in [0, 0.05) is 18.1 Å². The summed E-state index contributed by atoms with van der Waals surface area (Å²) in [6.07, 6.45) is 2.75. The van der Waals surface area contributed by atoms with Crippen LogP contribution in [0.5, 0.6) is 0 Å². The fourth-order valence-corrected chi connectivity index (χ4v) is 4.10. The second kappa shape index (κ2) is 6.60. The molecule has 0 saturated carbocycles. The zero-order valence-electron chi connectivity index (χ0n) is 11.5. The molecule has 1 aromatic carbocycles. The number of hydrogen-bond donors (Lipinski definition) is 1. The summed E-state index contributed by atoms with van der Waals surface area (Å²) in [7, 11) is -3.69. The molecule has 5 nitrogen and oxygen atoms in total. The van der Waals surface area contributed by atoms with Gasteiger partial charge in [0.2, 0.25) is 15.9 Å². The van der Waals surface area contributed by atoms with Gasteiger partial charge < -0.3 is 5.32 Å². The van der Waals surface area contributed by atoms with E-state index in [2.05, 4.69) is 11.9 Å². The molecule has 1 aliphatic rings. The van der Waals surface area contributed by atoms with E-state index in [4.69, 9.17) is 11.6 Å². The second-order valence-electron chi connectivity index (χ2n) is 4.76. The van der Waals surface area contributed by atoms with Gasteiger partial charge in [-0.05, 0) is 37.1 Å². The first-order valence-corrected chi connectivity index (χ1v) is 8.44. The first-order valence-electron chi connectivity index (χ1n) is 6.63. The van der Waals surface area contributed by atoms with E-state index in [0.29, 0.717) is 31.0 Å². The van der Waals surface area contributed by atoms with Gasteiger partial charge in [0.1, 0.15) is 6.04 Å². The van der Waals surface area contributed by atoms with Crippen molar-refractivity contribution in [2.45, 2.75) is 23.8 Å².